The van der Waals surface area contributed by atoms with Crippen molar-refractivity contribution in [1.29, 1.82) is 0 Å². The lowest BCUT2D eigenvalue weighted by Gasteiger charge is -2.42. The normalized spacial score (nSPS) is 27.6. The van der Waals surface area contributed by atoms with Crippen LogP contribution in [0.15, 0.2) is 22.7 Å². The second-order valence-electron chi connectivity index (χ2n) is 6.92. The van der Waals surface area contributed by atoms with Crippen LogP contribution in [-0.4, -0.2) is 5.38 Å². The van der Waals surface area contributed by atoms with Gasteiger partial charge in [0.15, 0.2) is 0 Å². The molecule has 0 amide bonds. The molecule has 0 N–H and O–H groups in total. The van der Waals surface area contributed by atoms with Crippen LogP contribution in [0.3, 0.4) is 0 Å². The third kappa shape index (κ3) is 3.57. The molecule has 3 unspecified atom stereocenters. The Morgan fingerprint density at radius 2 is 2.05 bits per heavy atom. The Kier molecular flexibility index (Phi) is 5.18. The summed E-state index contributed by atoms with van der Waals surface area (Å²) in [6, 6.07) is 5.28. The summed E-state index contributed by atoms with van der Waals surface area (Å²) in [7, 11) is 0. The van der Waals surface area contributed by atoms with Crippen LogP contribution < -0.4 is 0 Å². The van der Waals surface area contributed by atoms with Gasteiger partial charge >= 0.3 is 0 Å². The molecule has 1 aromatic rings. The van der Waals surface area contributed by atoms with Gasteiger partial charge in [-0.2, -0.15) is 0 Å². The van der Waals surface area contributed by atoms with E-state index in [-0.39, 0.29) is 16.6 Å². The molecule has 1 aliphatic rings. The summed E-state index contributed by atoms with van der Waals surface area (Å²) in [6.07, 6.45) is 4.38. The van der Waals surface area contributed by atoms with E-state index in [1.165, 1.54) is 18.9 Å². The van der Waals surface area contributed by atoms with E-state index in [9.17, 15) is 4.39 Å². The van der Waals surface area contributed by atoms with E-state index < -0.39 is 0 Å². The number of alkyl halides is 1. The number of rotatable bonds is 3. The van der Waals surface area contributed by atoms with Gasteiger partial charge in [0.1, 0.15) is 5.82 Å². The first-order valence-electron chi connectivity index (χ1n) is 7.38. The van der Waals surface area contributed by atoms with E-state index in [4.69, 9.17) is 11.6 Å². The summed E-state index contributed by atoms with van der Waals surface area (Å²) >= 11 is 9.99. The van der Waals surface area contributed by atoms with E-state index in [1.54, 1.807) is 6.07 Å². The third-order valence-corrected chi connectivity index (χ3v) is 6.09. The summed E-state index contributed by atoms with van der Waals surface area (Å²) in [6.45, 7) is 6.81. The Hall–Kier alpha value is -0.0800. The van der Waals surface area contributed by atoms with Crippen molar-refractivity contribution in [2.45, 2.75) is 51.8 Å². The van der Waals surface area contributed by atoms with Crippen molar-refractivity contribution < 1.29 is 4.39 Å². The van der Waals surface area contributed by atoms with Crippen molar-refractivity contribution in [1.82, 2.24) is 0 Å². The molecule has 1 aromatic carbocycles. The molecule has 1 saturated carbocycles. The molecule has 0 spiro atoms. The Labute approximate surface area is 135 Å². The third-order valence-electron chi connectivity index (χ3n) is 4.72. The predicted octanol–water partition coefficient (Wildman–Crippen LogP) is 6.20. The highest BCUT2D eigenvalue weighted by Crippen LogP contribution is 2.45. The molecule has 112 valence electrons. The van der Waals surface area contributed by atoms with E-state index in [2.05, 4.69) is 36.7 Å². The van der Waals surface area contributed by atoms with Gasteiger partial charge < -0.3 is 0 Å². The molecule has 0 nitrogen and oxygen atoms in total. The minimum atomic E-state index is -0.182. The maximum absolute atomic E-state index is 13.7. The molecule has 0 bridgehead atoms. The van der Waals surface area contributed by atoms with Gasteiger partial charge in [0.2, 0.25) is 0 Å². The molecule has 0 saturated heterocycles. The van der Waals surface area contributed by atoms with Gasteiger partial charge in [-0.15, -0.1) is 11.6 Å². The fourth-order valence-electron chi connectivity index (χ4n) is 3.50. The quantitative estimate of drug-likeness (QED) is 0.562. The topological polar surface area (TPSA) is 0 Å². The van der Waals surface area contributed by atoms with Gasteiger partial charge in [0.05, 0.1) is 4.47 Å². The lowest BCUT2D eigenvalue weighted by molar-refractivity contribution is 0.141. The molecule has 0 radical (unpaired) electrons. The summed E-state index contributed by atoms with van der Waals surface area (Å²) in [4.78, 5) is 0. The van der Waals surface area contributed by atoms with Gasteiger partial charge in [-0.05, 0) is 64.1 Å². The van der Waals surface area contributed by atoms with Crippen molar-refractivity contribution in [3.63, 3.8) is 0 Å². The molecular weight excluding hydrogens is 339 g/mol. The van der Waals surface area contributed by atoms with Crippen LogP contribution in [0.5, 0.6) is 0 Å². The highest BCUT2D eigenvalue weighted by molar-refractivity contribution is 9.10. The van der Waals surface area contributed by atoms with Crippen molar-refractivity contribution in [2.75, 3.05) is 0 Å². The summed E-state index contributed by atoms with van der Waals surface area (Å²) in [5.74, 6) is 1.04. The zero-order valence-corrected chi connectivity index (χ0v) is 14.8. The van der Waals surface area contributed by atoms with E-state index in [1.807, 2.05) is 6.07 Å². The smallest absolute Gasteiger partial charge is 0.137 e. The Morgan fingerprint density at radius 1 is 1.35 bits per heavy atom. The van der Waals surface area contributed by atoms with E-state index >= 15 is 0 Å². The second kappa shape index (κ2) is 6.36. The predicted molar refractivity (Wildman–Crippen MR) is 87.7 cm³/mol. The summed E-state index contributed by atoms with van der Waals surface area (Å²) in [5.41, 5.74) is 1.13. The number of hydrogen-bond acceptors (Lipinski definition) is 0. The minimum Gasteiger partial charge on any atom is -0.206 e. The fourth-order valence-corrected chi connectivity index (χ4v) is 4.67. The highest BCUT2D eigenvalue weighted by atomic mass is 79.9. The maximum atomic E-state index is 13.7. The largest absolute Gasteiger partial charge is 0.206 e. The fraction of sp³-hybridized carbons (Fsp3) is 0.647. The van der Waals surface area contributed by atoms with E-state index in [0.29, 0.717) is 10.4 Å². The summed E-state index contributed by atoms with van der Waals surface area (Å²) < 4.78 is 14.3. The van der Waals surface area contributed by atoms with Crippen LogP contribution in [0, 0.1) is 23.1 Å². The zero-order chi connectivity index (χ0) is 14.9. The Morgan fingerprint density at radius 3 is 2.70 bits per heavy atom. The second-order valence-corrected chi connectivity index (χ2v) is 8.27. The lowest BCUT2D eigenvalue weighted by atomic mass is 9.66. The molecule has 3 atom stereocenters. The van der Waals surface area contributed by atoms with Crippen molar-refractivity contribution in [3.05, 3.63) is 34.1 Å². The van der Waals surface area contributed by atoms with Crippen molar-refractivity contribution in [3.8, 4) is 0 Å². The molecule has 0 heterocycles. The minimum absolute atomic E-state index is 0.0862. The van der Waals surface area contributed by atoms with Gasteiger partial charge in [0.25, 0.3) is 0 Å². The number of halogens is 3. The van der Waals surface area contributed by atoms with Crippen LogP contribution in [0.25, 0.3) is 0 Å². The molecule has 2 rings (SSSR count). The molecule has 1 fully saturated rings. The van der Waals surface area contributed by atoms with Gasteiger partial charge in [-0.25, -0.2) is 4.39 Å². The summed E-state index contributed by atoms with van der Waals surface area (Å²) in [5, 5.41) is 0.237. The molecule has 0 aliphatic heterocycles. The first-order valence-corrected chi connectivity index (χ1v) is 8.61. The van der Waals surface area contributed by atoms with E-state index in [0.717, 1.165) is 24.3 Å². The van der Waals surface area contributed by atoms with Crippen LogP contribution in [0.2, 0.25) is 0 Å². The van der Waals surface area contributed by atoms with Crippen LogP contribution in [0.4, 0.5) is 4.39 Å². The van der Waals surface area contributed by atoms with Crippen LogP contribution in [-0.2, 0) is 6.42 Å². The van der Waals surface area contributed by atoms with Crippen molar-refractivity contribution >= 4 is 27.5 Å². The molecule has 0 aromatic heterocycles. The monoisotopic (exact) mass is 360 g/mol. The van der Waals surface area contributed by atoms with Crippen molar-refractivity contribution in [2.24, 2.45) is 17.3 Å². The van der Waals surface area contributed by atoms with Crippen LogP contribution >= 0.6 is 27.5 Å². The standard InChI is InChI=1S/C17H23BrClF/c1-11-7-8-13(14(19)9-11)17(2,3)10-12-5-4-6-15(20)16(12)18/h4-6,11,13-14H,7-10H2,1-3H3. The van der Waals surface area contributed by atoms with Crippen LogP contribution in [0.1, 0.15) is 45.6 Å². The lowest BCUT2D eigenvalue weighted by Crippen LogP contribution is -2.37. The molecule has 20 heavy (non-hydrogen) atoms. The SMILES string of the molecule is CC1CCC(C(C)(C)Cc2cccc(F)c2Br)C(Cl)C1. The number of hydrogen-bond donors (Lipinski definition) is 0. The maximum Gasteiger partial charge on any atom is 0.137 e. The highest BCUT2D eigenvalue weighted by Gasteiger charge is 2.38. The first-order chi connectivity index (χ1) is 9.31. The number of benzene rings is 1. The van der Waals surface area contributed by atoms with Gasteiger partial charge in [-0.3, -0.25) is 0 Å². The average Bonchev–Trinajstić information content (AvgIpc) is 2.34. The van der Waals surface area contributed by atoms with Gasteiger partial charge in [-0.1, -0.05) is 39.3 Å². The average molecular weight is 362 g/mol. The molecule has 3 heteroatoms. The molecular formula is C17H23BrClF. The Bertz CT molecular complexity index is 472. The first kappa shape index (κ1) is 16.3. The zero-order valence-electron chi connectivity index (χ0n) is 12.4. The Balaban J connectivity index is 2.16. The molecule has 1 aliphatic carbocycles. The van der Waals surface area contributed by atoms with Gasteiger partial charge in [0, 0.05) is 5.38 Å².